The van der Waals surface area contributed by atoms with Crippen LogP contribution in [-0.4, -0.2) is 19.0 Å². The number of amides is 1. The number of benzene rings is 2. The van der Waals surface area contributed by atoms with Crippen molar-refractivity contribution in [3.8, 4) is 0 Å². The fraction of sp³-hybridized carbons (Fsp3) is 0.278. The largest absolute Gasteiger partial charge is 0.355 e. The van der Waals surface area contributed by atoms with Crippen LogP contribution in [0.15, 0.2) is 48.5 Å². The highest BCUT2D eigenvalue weighted by Gasteiger charge is 2.01. The van der Waals surface area contributed by atoms with Gasteiger partial charge in [-0.05, 0) is 36.6 Å². The van der Waals surface area contributed by atoms with Gasteiger partial charge < -0.3 is 10.6 Å². The van der Waals surface area contributed by atoms with Gasteiger partial charge in [-0.25, -0.2) is 0 Å². The molecule has 2 aromatic carbocycles. The highest BCUT2D eigenvalue weighted by molar-refractivity contribution is 6.30. The zero-order chi connectivity index (χ0) is 15.8. The maximum atomic E-state index is 11.7. The predicted octanol–water partition coefficient (Wildman–Crippen LogP) is 3.10. The summed E-state index contributed by atoms with van der Waals surface area (Å²) < 4.78 is 0. The lowest BCUT2D eigenvalue weighted by Crippen LogP contribution is -2.34. The molecule has 3 nitrogen and oxygen atoms in total. The second-order valence-corrected chi connectivity index (χ2v) is 5.76. The molecule has 0 atom stereocenters. The quantitative estimate of drug-likeness (QED) is 0.824. The second kappa shape index (κ2) is 8.57. The minimum atomic E-state index is 0.0154. The zero-order valence-electron chi connectivity index (χ0n) is 12.7. The molecular formula is C18H21ClN2O. The first kappa shape index (κ1) is 16.5. The van der Waals surface area contributed by atoms with Crippen molar-refractivity contribution in [2.24, 2.45) is 0 Å². The molecule has 0 bridgehead atoms. The van der Waals surface area contributed by atoms with Crippen LogP contribution in [0.5, 0.6) is 0 Å². The first-order chi connectivity index (χ1) is 10.6. The van der Waals surface area contributed by atoms with Gasteiger partial charge in [0.1, 0.15) is 0 Å². The molecule has 0 aliphatic carbocycles. The number of hydrogen-bond acceptors (Lipinski definition) is 2. The van der Waals surface area contributed by atoms with Gasteiger partial charge in [0.05, 0.1) is 6.54 Å². The molecule has 0 fully saturated rings. The summed E-state index contributed by atoms with van der Waals surface area (Å²) in [4.78, 5) is 11.7. The van der Waals surface area contributed by atoms with Crippen molar-refractivity contribution >= 4 is 17.5 Å². The minimum Gasteiger partial charge on any atom is -0.355 e. The van der Waals surface area contributed by atoms with Crippen LogP contribution in [0.1, 0.15) is 16.7 Å². The molecule has 1 amide bonds. The molecule has 116 valence electrons. The average molecular weight is 317 g/mol. The standard InChI is InChI=1S/C18H21ClN2O/c1-14-3-2-4-16(11-14)12-20-13-18(22)21-10-9-15-5-7-17(19)8-6-15/h2-8,11,20H,9-10,12-13H2,1H3,(H,21,22). The van der Waals surface area contributed by atoms with E-state index in [4.69, 9.17) is 11.6 Å². The summed E-state index contributed by atoms with van der Waals surface area (Å²) in [5.74, 6) is 0.0154. The fourth-order valence-electron chi connectivity index (χ4n) is 2.20. The Balaban J connectivity index is 1.62. The van der Waals surface area contributed by atoms with E-state index in [2.05, 4.69) is 35.8 Å². The van der Waals surface area contributed by atoms with Crippen molar-refractivity contribution in [1.82, 2.24) is 10.6 Å². The molecule has 0 aliphatic heterocycles. The van der Waals surface area contributed by atoms with Crippen molar-refractivity contribution in [3.63, 3.8) is 0 Å². The number of nitrogens with one attached hydrogen (secondary N) is 2. The highest BCUT2D eigenvalue weighted by atomic mass is 35.5. The Morgan fingerprint density at radius 3 is 2.59 bits per heavy atom. The van der Waals surface area contributed by atoms with Gasteiger partial charge in [-0.1, -0.05) is 53.6 Å². The summed E-state index contributed by atoms with van der Waals surface area (Å²) in [5.41, 5.74) is 3.58. The van der Waals surface area contributed by atoms with Crippen molar-refractivity contribution in [2.45, 2.75) is 19.9 Å². The average Bonchev–Trinajstić information content (AvgIpc) is 2.49. The number of halogens is 1. The normalized spacial score (nSPS) is 10.5. The van der Waals surface area contributed by atoms with Crippen LogP contribution in [0.2, 0.25) is 5.02 Å². The van der Waals surface area contributed by atoms with E-state index in [0.29, 0.717) is 19.6 Å². The van der Waals surface area contributed by atoms with Crippen LogP contribution in [0, 0.1) is 6.92 Å². The Morgan fingerprint density at radius 2 is 1.86 bits per heavy atom. The fourth-order valence-corrected chi connectivity index (χ4v) is 2.33. The molecule has 0 aromatic heterocycles. The Bertz CT molecular complexity index is 611. The number of hydrogen-bond donors (Lipinski definition) is 2. The van der Waals surface area contributed by atoms with Crippen LogP contribution in [0.3, 0.4) is 0 Å². The molecule has 0 saturated heterocycles. The van der Waals surface area contributed by atoms with E-state index >= 15 is 0 Å². The highest BCUT2D eigenvalue weighted by Crippen LogP contribution is 2.09. The Kier molecular flexibility index (Phi) is 6.44. The molecule has 0 saturated carbocycles. The molecule has 22 heavy (non-hydrogen) atoms. The van der Waals surface area contributed by atoms with Crippen LogP contribution in [-0.2, 0) is 17.8 Å². The minimum absolute atomic E-state index is 0.0154. The van der Waals surface area contributed by atoms with Gasteiger partial charge in [-0.3, -0.25) is 4.79 Å². The molecule has 0 aliphatic rings. The Hall–Kier alpha value is -1.84. The van der Waals surface area contributed by atoms with Crippen LogP contribution < -0.4 is 10.6 Å². The number of aryl methyl sites for hydroxylation is 1. The molecule has 4 heteroatoms. The van der Waals surface area contributed by atoms with Crippen molar-refractivity contribution in [1.29, 1.82) is 0 Å². The van der Waals surface area contributed by atoms with Crippen LogP contribution in [0.25, 0.3) is 0 Å². The summed E-state index contributed by atoms with van der Waals surface area (Å²) in [6.07, 6.45) is 0.806. The predicted molar refractivity (Wildman–Crippen MR) is 91.1 cm³/mol. The molecule has 2 rings (SSSR count). The molecule has 0 heterocycles. The number of carbonyl (C=O) groups excluding carboxylic acids is 1. The summed E-state index contributed by atoms with van der Waals surface area (Å²) in [6.45, 7) is 3.72. The van der Waals surface area contributed by atoms with Gasteiger partial charge in [-0.15, -0.1) is 0 Å². The van der Waals surface area contributed by atoms with Gasteiger partial charge in [0.25, 0.3) is 0 Å². The van der Waals surface area contributed by atoms with Crippen LogP contribution in [0.4, 0.5) is 0 Å². The summed E-state index contributed by atoms with van der Waals surface area (Å²) >= 11 is 5.84. The van der Waals surface area contributed by atoms with Gasteiger partial charge >= 0.3 is 0 Å². The summed E-state index contributed by atoms with van der Waals surface area (Å²) in [5, 5.41) is 6.79. The van der Waals surface area contributed by atoms with Gasteiger partial charge in [-0.2, -0.15) is 0 Å². The molecule has 0 spiro atoms. The molecule has 0 unspecified atom stereocenters. The van der Waals surface area contributed by atoms with Gasteiger partial charge in [0.2, 0.25) is 5.91 Å². The first-order valence-electron chi connectivity index (χ1n) is 7.41. The summed E-state index contributed by atoms with van der Waals surface area (Å²) in [6, 6.07) is 15.9. The third-order valence-electron chi connectivity index (χ3n) is 3.35. The van der Waals surface area contributed by atoms with E-state index < -0.39 is 0 Å². The van der Waals surface area contributed by atoms with Crippen molar-refractivity contribution < 1.29 is 4.79 Å². The lowest BCUT2D eigenvalue weighted by atomic mass is 10.1. The maximum Gasteiger partial charge on any atom is 0.233 e. The lowest BCUT2D eigenvalue weighted by molar-refractivity contribution is -0.120. The van der Waals surface area contributed by atoms with Crippen LogP contribution >= 0.6 is 11.6 Å². The van der Waals surface area contributed by atoms with Crippen molar-refractivity contribution in [2.75, 3.05) is 13.1 Å². The van der Waals surface area contributed by atoms with Crippen molar-refractivity contribution in [3.05, 3.63) is 70.2 Å². The Morgan fingerprint density at radius 1 is 1.09 bits per heavy atom. The maximum absolute atomic E-state index is 11.7. The monoisotopic (exact) mass is 316 g/mol. The number of rotatable bonds is 7. The number of carbonyl (C=O) groups is 1. The van der Waals surface area contributed by atoms with E-state index in [1.807, 2.05) is 30.3 Å². The Labute approximate surface area is 136 Å². The zero-order valence-corrected chi connectivity index (χ0v) is 13.5. The van der Waals surface area contributed by atoms with E-state index in [1.165, 1.54) is 11.1 Å². The third kappa shape index (κ3) is 5.88. The molecular weight excluding hydrogens is 296 g/mol. The van der Waals surface area contributed by atoms with Gasteiger partial charge in [0.15, 0.2) is 0 Å². The third-order valence-corrected chi connectivity index (χ3v) is 3.60. The molecule has 0 radical (unpaired) electrons. The smallest absolute Gasteiger partial charge is 0.233 e. The molecule has 2 N–H and O–H groups in total. The second-order valence-electron chi connectivity index (χ2n) is 5.32. The lowest BCUT2D eigenvalue weighted by Gasteiger charge is -2.07. The molecule has 2 aromatic rings. The topological polar surface area (TPSA) is 41.1 Å². The van der Waals surface area contributed by atoms with E-state index in [1.54, 1.807) is 0 Å². The van der Waals surface area contributed by atoms with E-state index in [-0.39, 0.29) is 5.91 Å². The summed E-state index contributed by atoms with van der Waals surface area (Å²) in [7, 11) is 0. The SMILES string of the molecule is Cc1cccc(CNCC(=O)NCCc2ccc(Cl)cc2)c1. The van der Waals surface area contributed by atoms with E-state index in [0.717, 1.165) is 17.0 Å². The van der Waals surface area contributed by atoms with E-state index in [9.17, 15) is 4.79 Å². The first-order valence-corrected chi connectivity index (χ1v) is 7.79. The van der Waals surface area contributed by atoms with Gasteiger partial charge in [0, 0.05) is 18.1 Å².